The van der Waals surface area contributed by atoms with Crippen molar-refractivity contribution >= 4 is 22.3 Å². The first-order valence-corrected chi connectivity index (χ1v) is 10.9. The summed E-state index contributed by atoms with van der Waals surface area (Å²) in [6, 6.07) is 6.08. The van der Waals surface area contributed by atoms with E-state index in [0.29, 0.717) is 32.1 Å². The van der Waals surface area contributed by atoms with Crippen molar-refractivity contribution in [3.05, 3.63) is 58.0 Å². The van der Waals surface area contributed by atoms with Crippen molar-refractivity contribution in [1.82, 2.24) is 0 Å². The van der Waals surface area contributed by atoms with Crippen LogP contribution in [-0.2, 0) is 0 Å². The number of nitrogens with one attached hydrogen (secondary N) is 2. The lowest BCUT2D eigenvalue weighted by molar-refractivity contribution is 0.545. The highest BCUT2D eigenvalue weighted by Crippen LogP contribution is 2.31. The van der Waals surface area contributed by atoms with Crippen molar-refractivity contribution in [1.29, 1.82) is 0 Å². The van der Waals surface area contributed by atoms with Crippen molar-refractivity contribution in [2.75, 3.05) is 30.3 Å². The fourth-order valence-corrected chi connectivity index (χ4v) is 3.48. The summed E-state index contributed by atoms with van der Waals surface area (Å²) in [4.78, 5) is 12.8. The Morgan fingerprint density at radius 3 is 2.41 bits per heavy atom. The maximum atomic E-state index is 14.5. The Balaban J connectivity index is 1.94. The summed E-state index contributed by atoms with van der Waals surface area (Å²) in [5, 5.41) is 5.64. The minimum absolute atomic E-state index is 0.00527. The lowest BCUT2D eigenvalue weighted by Crippen LogP contribution is -2.11. The summed E-state index contributed by atoms with van der Waals surface area (Å²) in [6.07, 6.45) is 4.56. The molecule has 0 radical (unpaired) electrons. The topological polar surface area (TPSA) is 80.3 Å². The highest BCUT2D eigenvalue weighted by atomic mass is 19.1. The molecule has 3 rings (SSSR count). The molecule has 0 aliphatic heterocycles. The molecule has 1 aromatic heterocycles. The Bertz CT molecular complexity index is 1130. The van der Waals surface area contributed by atoms with Crippen molar-refractivity contribution in [3.8, 4) is 11.3 Å². The molecule has 3 aromatic rings. The number of anilines is 2. The summed E-state index contributed by atoms with van der Waals surface area (Å²) < 4.78 is 49.0. The first-order valence-electron chi connectivity index (χ1n) is 10.9. The van der Waals surface area contributed by atoms with E-state index < -0.39 is 22.9 Å². The number of rotatable bonds is 11. The molecule has 0 amide bonds. The fraction of sp³-hybridized carbons (Fsp3) is 0.375. The molecule has 32 heavy (non-hydrogen) atoms. The minimum atomic E-state index is -0.992. The van der Waals surface area contributed by atoms with Crippen molar-refractivity contribution in [2.24, 2.45) is 5.73 Å². The van der Waals surface area contributed by atoms with Gasteiger partial charge in [0.15, 0.2) is 16.8 Å². The van der Waals surface area contributed by atoms with E-state index in [4.69, 9.17) is 10.2 Å². The standard InChI is InChI=1S/C24H28F3N3O2/c1-2-3-4-5-10-30-23-17(26)13-18(27)24-22(23)20(31)14-21(32-24)15-7-8-19(16(25)12-15)29-11-6-9-28/h7-8,12-14,29-30H,2-6,9-11,28H2,1H3. The SMILES string of the molecule is CCCCCCNc1c(F)cc(F)c2oc(-c3ccc(NCCCN)c(F)c3)cc(=O)c12. The maximum Gasteiger partial charge on any atom is 0.195 e. The molecule has 0 saturated carbocycles. The monoisotopic (exact) mass is 447 g/mol. The molecule has 0 bridgehead atoms. The predicted octanol–water partition coefficient (Wildman–Crippen LogP) is 5.63. The van der Waals surface area contributed by atoms with Crippen LogP contribution in [0.15, 0.2) is 39.5 Å². The van der Waals surface area contributed by atoms with Gasteiger partial charge < -0.3 is 20.8 Å². The second-order valence-corrected chi connectivity index (χ2v) is 7.65. The molecule has 0 aliphatic carbocycles. The number of unbranched alkanes of at least 4 members (excludes halogenated alkanes) is 3. The van der Waals surface area contributed by atoms with E-state index in [1.165, 1.54) is 12.1 Å². The lowest BCUT2D eigenvalue weighted by Gasteiger charge is -2.12. The van der Waals surface area contributed by atoms with E-state index in [0.717, 1.165) is 31.7 Å². The van der Waals surface area contributed by atoms with Gasteiger partial charge in [-0.05, 0) is 37.6 Å². The molecule has 0 aliphatic rings. The molecular formula is C24H28F3N3O2. The fourth-order valence-electron chi connectivity index (χ4n) is 3.48. The summed E-state index contributed by atoms with van der Waals surface area (Å²) in [5.74, 6) is -2.40. The molecule has 8 heteroatoms. The van der Waals surface area contributed by atoms with E-state index in [9.17, 15) is 18.0 Å². The smallest absolute Gasteiger partial charge is 0.195 e. The van der Waals surface area contributed by atoms with Gasteiger partial charge in [-0.25, -0.2) is 13.2 Å². The quantitative estimate of drug-likeness (QED) is 0.332. The number of nitrogens with two attached hydrogens (primary N) is 1. The molecule has 2 aromatic carbocycles. The van der Waals surface area contributed by atoms with Gasteiger partial charge in [-0.3, -0.25) is 4.79 Å². The van der Waals surface area contributed by atoms with Crippen LogP contribution in [0.1, 0.15) is 39.0 Å². The van der Waals surface area contributed by atoms with E-state index in [-0.39, 0.29) is 33.7 Å². The minimum Gasteiger partial charge on any atom is -0.453 e. The number of fused-ring (bicyclic) bond motifs is 1. The molecule has 0 saturated heterocycles. The van der Waals surface area contributed by atoms with E-state index in [1.54, 1.807) is 6.07 Å². The van der Waals surface area contributed by atoms with Gasteiger partial charge in [-0.2, -0.15) is 0 Å². The average Bonchev–Trinajstić information content (AvgIpc) is 2.76. The Labute approximate surface area is 184 Å². The Kier molecular flexibility index (Phi) is 8.16. The summed E-state index contributed by atoms with van der Waals surface area (Å²) in [6.45, 7) is 3.53. The Hall–Kier alpha value is -3.00. The number of benzene rings is 2. The van der Waals surface area contributed by atoms with Gasteiger partial charge in [0.2, 0.25) is 0 Å². The summed E-state index contributed by atoms with van der Waals surface area (Å²) in [7, 11) is 0. The first-order chi connectivity index (χ1) is 15.5. The third-order valence-corrected chi connectivity index (χ3v) is 5.19. The van der Waals surface area contributed by atoms with Gasteiger partial charge in [0, 0.05) is 30.8 Å². The summed E-state index contributed by atoms with van der Waals surface area (Å²) in [5.41, 5.74) is 4.93. The van der Waals surface area contributed by atoms with Crippen LogP contribution in [0.2, 0.25) is 0 Å². The number of halogens is 3. The van der Waals surface area contributed by atoms with Crippen molar-refractivity contribution in [3.63, 3.8) is 0 Å². The molecule has 0 atom stereocenters. The zero-order valence-electron chi connectivity index (χ0n) is 18.1. The van der Waals surface area contributed by atoms with Gasteiger partial charge in [-0.15, -0.1) is 0 Å². The number of hydrogen-bond acceptors (Lipinski definition) is 5. The molecule has 1 heterocycles. The van der Waals surface area contributed by atoms with Gasteiger partial charge in [0.05, 0.1) is 16.8 Å². The molecule has 0 fully saturated rings. The van der Waals surface area contributed by atoms with Crippen LogP contribution in [0.4, 0.5) is 24.5 Å². The van der Waals surface area contributed by atoms with Crippen LogP contribution < -0.4 is 21.8 Å². The molecule has 172 valence electrons. The normalized spacial score (nSPS) is 11.2. The van der Waals surface area contributed by atoms with E-state index in [1.807, 2.05) is 0 Å². The Morgan fingerprint density at radius 1 is 0.906 bits per heavy atom. The first kappa shape index (κ1) is 23.7. The Morgan fingerprint density at radius 2 is 1.69 bits per heavy atom. The second kappa shape index (κ2) is 11.0. The molecular weight excluding hydrogens is 419 g/mol. The third kappa shape index (κ3) is 5.43. The second-order valence-electron chi connectivity index (χ2n) is 7.65. The molecule has 0 spiro atoms. The van der Waals surface area contributed by atoms with Crippen molar-refractivity contribution < 1.29 is 17.6 Å². The third-order valence-electron chi connectivity index (χ3n) is 5.19. The van der Waals surface area contributed by atoms with Gasteiger partial charge in [-0.1, -0.05) is 26.2 Å². The van der Waals surface area contributed by atoms with E-state index >= 15 is 0 Å². The highest BCUT2D eigenvalue weighted by Gasteiger charge is 2.19. The van der Waals surface area contributed by atoms with Crippen LogP contribution >= 0.6 is 0 Å². The van der Waals surface area contributed by atoms with Crippen LogP contribution in [0.3, 0.4) is 0 Å². The highest BCUT2D eigenvalue weighted by molar-refractivity contribution is 5.91. The largest absolute Gasteiger partial charge is 0.453 e. The van der Waals surface area contributed by atoms with Crippen LogP contribution in [0, 0.1) is 17.5 Å². The summed E-state index contributed by atoms with van der Waals surface area (Å²) >= 11 is 0. The maximum absolute atomic E-state index is 14.5. The van der Waals surface area contributed by atoms with Gasteiger partial charge in [0.25, 0.3) is 0 Å². The van der Waals surface area contributed by atoms with Crippen LogP contribution in [0.5, 0.6) is 0 Å². The van der Waals surface area contributed by atoms with Gasteiger partial charge in [0.1, 0.15) is 17.4 Å². The zero-order valence-corrected chi connectivity index (χ0v) is 18.1. The van der Waals surface area contributed by atoms with Crippen LogP contribution in [0.25, 0.3) is 22.3 Å². The zero-order chi connectivity index (χ0) is 23.1. The number of hydrogen-bond donors (Lipinski definition) is 3. The van der Waals surface area contributed by atoms with E-state index in [2.05, 4.69) is 17.6 Å². The van der Waals surface area contributed by atoms with Crippen LogP contribution in [-0.4, -0.2) is 19.6 Å². The molecule has 0 unspecified atom stereocenters. The molecule has 4 N–H and O–H groups in total. The lowest BCUT2D eigenvalue weighted by atomic mass is 10.1. The van der Waals surface area contributed by atoms with Gasteiger partial charge >= 0.3 is 0 Å². The predicted molar refractivity (Wildman–Crippen MR) is 123 cm³/mol. The average molecular weight is 448 g/mol. The molecule has 5 nitrogen and oxygen atoms in total. The van der Waals surface area contributed by atoms with Crippen molar-refractivity contribution in [2.45, 2.75) is 39.0 Å².